The molecule has 0 aliphatic rings. The molecule has 0 unspecified atom stereocenters. The van der Waals surface area contributed by atoms with Crippen LogP contribution < -0.4 is 5.23 Å². The van der Waals surface area contributed by atoms with Crippen molar-refractivity contribution < 1.29 is 9.90 Å². The van der Waals surface area contributed by atoms with Crippen molar-refractivity contribution in [2.45, 2.75) is 6.04 Å². The normalized spacial score (nSPS) is 12.1. The molecule has 1 aromatic carbocycles. The second-order valence-corrected chi connectivity index (χ2v) is 2.72. The highest BCUT2D eigenvalue weighted by molar-refractivity contribution is 6.64. The molecule has 0 saturated heterocycles. The van der Waals surface area contributed by atoms with Gasteiger partial charge in [0.1, 0.15) is 0 Å². The highest BCUT2D eigenvalue weighted by Gasteiger charge is 2.07. The van der Waals surface area contributed by atoms with E-state index in [1.165, 1.54) is 0 Å². The molecule has 0 amide bonds. The van der Waals surface area contributed by atoms with E-state index < -0.39 is 0 Å². The van der Waals surface area contributed by atoms with Gasteiger partial charge < -0.3 is 15.1 Å². The van der Waals surface area contributed by atoms with Crippen molar-refractivity contribution in [1.82, 2.24) is 5.23 Å². The van der Waals surface area contributed by atoms with Gasteiger partial charge in [-0.1, -0.05) is 30.3 Å². The molecular weight excluding hydrogens is 165 g/mol. The fourth-order valence-electron chi connectivity index (χ4n) is 1.16. The number of hydrogen-bond acceptors (Lipinski definition) is 3. The molecule has 0 aliphatic carbocycles. The van der Waals surface area contributed by atoms with E-state index in [2.05, 4.69) is 5.23 Å². The van der Waals surface area contributed by atoms with Crippen LogP contribution in [0.4, 0.5) is 0 Å². The first-order valence-corrected chi connectivity index (χ1v) is 4.21. The zero-order valence-electron chi connectivity index (χ0n) is 7.31. The van der Waals surface area contributed by atoms with E-state index in [9.17, 15) is 4.79 Å². The third-order valence-electron chi connectivity index (χ3n) is 1.83. The lowest BCUT2D eigenvalue weighted by Crippen LogP contribution is -2.28. The lowest BCUT2D eigenvalue weighted by molar-refractivity contribution is 0.260. The Balaban J connectivity index is 2.61. The van der Waals surface area contributed by atoms with Crippen molar-refractivity contribution in [3.63, 3.8) is 0 Å². The molecule has 1 aromatic rings. The van der Waals surface area contributed by atoms with Crippen LogP contribution in [0.5, 0.6) is 0 Å². The monoisotopic (exact) mass is 177 g/mol. The largest absolute Gasteiger partial charge is 0.394 e. The van der Waals surface area contributed by atoms with Crippen LogP contribution in [-0.2, 0) is 4.79 Å². The molecule has 0 fully saturated rings. The van der Waals surface area contributed by atoms with Gasteiger partial charge >= 0.3 is 0 Å². The third kappa shape index (κ3) is 3.01. The molecule has 68 valence electrons. The second kappa shape index (κ2) is 5.51. The van der Waals surface area contributed by atoms with E-state index in [-0.39, 0.29) is 20.1 Å². The fraction of sp³-hybridized carbons (Fsp3) is 0.222. The van der Waals surface area contributed by atoms with Gasteiger partial charge in [0.2, 0.25) is 0 Å². The Morgan fingerprint density at radius 2 is 2.15 bits per heavy atom. The van der Waals surface area contributed by atoms with E-state index >= 15 is 0 Å². The number of carbonyl (C=O) groups is 1. The summed E-state index contributed by atoms with van der Waals surface area (Å²) in [5.74, 6) is 0. The molecule has 1 rings (SSSR count). The second-order valence-electron chi connectivity index (χ2n) is 2.72. The lowest BCUT2D eigenvalue weighted by atomic mass is 9.94. The van der Waals surface area contributed by atoms with Crippen LogP contribution in [0, 0.1) is 0 Å². The standard InChI is InChI=1S/C9H12BNO2/c12-6-9(11-10-7-13)8-4-2-1-3-5-8/h1-5,7,9-12H,6H2/t9-/m0/s1. The average molecular weight is 177 g/mol. The minimum absolute atomic E-state index is 0.00213. The lowest BCUT2D eigenvalue weighted by Gasteiger charge is -2.14. The maximum absolute atomic E-state index is 10.1. The van der Waals surface area contributed by atoms with E-state index in [4.69, 9.17) is 5.11 Å². The maximum Gasteiger partial charge on any atom is 0.278 e. The molecule has 0 heterocycles. The van der Waals surface area contributed by atoms with E-state index in [1.54, 1.807) is 0 Å². The predicted octanol–water partition coefficient (Wildman–Crippen LogP) is -0.149. The molecule has 13 heavy (non-hydrogen) atoms. The van der Waals surface area contributed by atoms with Gasteiger partial charge in [0.15, 0.2) is 0 Å². The third-order valence-corrected chi connectivity index (χ3v) is 1.83. The van der Waals surface area contributed by atoms with Crippen LogP contribution in [0.1, 0.15) is 11.6 Å². The van der Waals surface area contributed by atoms with Crippen LogP contribution in [0.25, 0.3) is 0 Å². The average Bonchev–Trinajstić information content (AvgIpc) is 2.21. The van der Waals surface area contributed by atoms with Crippen molar-refractivity contribution in [2.75, 3.05) is 6.61 Å². The molecular formula is C9H12BNO2. The van der Waals surface area contributed by atoms with Crippen molar-refractivity contribution in [2.24, 2.45) is 0 Å². The Bertz CT molecular complexity index is 253. The van der Waals surface area contributed by atoms with Crippen LogP contribution in [0.2, 0.25) is 0 Å². The molecule has 0 bridgehead atoms. The topological polar surface area (TPSA) is 49.3 Å². The first-order chi connectivity index (χ1) is 6.38. The van der Waals surface area contributed by atoms with Gasteiger partial charge in [0.25, 0.3) is 7.41 Å². The summed E-state index contributed by atoms with van der Waals surface area (Å²) in [5, 5.41) is 11.9. The summed E-state index contributed by atoms with van der Waals surface area (Å²) in [6, 6.07) is 9.40. The number of hydrogen-bond donors (Lipinski definition) is 2. The highest BCUT2D eigenvalue weighted by atomic mass is 16.3. The number of benzene rings is 1. The SMILES string of the molecule is O=CBN[C@@H](CO)c1ccccc1. The molecule has 0 aromatic heterocycles. The molecule has 0 radical (unpaired) electrons. The Hall–Kier alpha value is -1.13. The number of aliphatic hydroxyl groups is 1. The molecule has 3 nitrogen and oxygen atoms in total. The Morgan fingerprint density at radius 1 is 1.46 bits per heavy atom. The summed E-state index contributed by atoms with van der Waals surface area (Å²) in [5.41, 5.74) is 0.992. The van der Waals surface area contributed by atoms with Gasteiger partial charge in [-0.25, -0.2) is 0 Å². The highest BCUT2D eigenvalue weighted by Crippen LogP contribution is 2.10. The fourth-order valence-corrected chi connectivity index (χ4v) is 1.16. The van der Waals surface area contributed by atoms with Gasteiger partial charge in [0, 0.05) is 6.04 Å². The maximum atomic E-state index is 10.1. The molecule has 1 atom stereocenters. The minimum Gasteiger partial charge on any atom is -0.394 e. The first-order valence-electron chi connectivity index (χ1n) is 4.21. The molecule has 2 N–H and O–H groups in total. The number of rotatable bonds is 5. The van der Waals surface area contributed by atoms with Gasteiger partial charge in [-0.05, 0) is 5.56 Å². The molecule has 4 heteroatoms. The molecule has 0 spiro atoms. The van der Waals surface area contributed by atoms with Crippen molar-refractivity contribution in [3.05, 3.63) is 35.9 Å². The van der Waals surface area contributed by atoms with Gasteiger partial charge in [-0.3, -0.25) is 0 Å². The van der Waals surface area contributed by atoms with Gasteiger partial charge in [-0.2, -0.15) is 0 Å². The summed E-state index contributed by atoms with van der Waals surface area (Å²) in [6.07, 6.45) is 0.783. The van der Waals surface area contributed by atoms with Crippen LogP contribution in [0.15, 0.2) is 30.3 Å². The van der Waals surface area contributed by atoms with Crippen molar-refractivity contribution in [1.29, 1.82) is 0 Å². The van der Waals surface area contributed by atoms with Gasteiger partial charge in [-0.15, -0.1) is 0 Å². The zero-order valence-corrected chi connectivity index (χ0v) is 7.31. The minimum atomic E-state index is -0.147. The van der Waals surface area contributed by atoms with E-state index in [0.717, 1.165) is 11.7 Å². The first kappa shape index (κ1) is 9.96. The summed E-state index contributed by atoms with van der Waals surface area (Å²) < 4.78 is 0. The number of nitrogens with one attached hydrogen (secondary N) is 1. The Morgan fingerprint density at radius 3 is 2.69 bits per heavy atom. The number of carbonyl (C=O) groups excluding carboxylic acids is 1. The van der Waals surface area contributed by atoms with E-state index in [0.29, 0.717) is 0 Å². The predicted molar refractivity (Wildman–Crippen MR) is 53.3 cm³/mol. The van der Waals surface area contributed by atoms with Crippen molar-refractivity contribution >= 4 is 13.6 Å². The number of aliphatic hydroxyl groups excluding tert-OH is 1. The summed E-state index contributed by atoms with van der Waals surface area (Å²) >= 11 is 0. The van der Waals surface area contributed by atoms with Crippen LogP contribution in [0.3, 0.4) is 0 Å². The van der Waals surface area contributed by atoms with Crippen LogP contribution >= 0.6 is 0 Å². The van der Waals surface area contributed by atoms with Crippen molar-refractivity contribution in [3.8, 4) is 0 Å². The van der Waals surface area contributed by atoms with Crippen LogP contribution in [-0.4, -0.2) is 25.3 Å². The van der Waals surface area contributed by atoms with Gasteiger partial charge in [0.05, 0.1) is 12.8 Å². The summed E-state index contributed by atoms with van der Waals surface area (Å²) in [7, 11) is 0.264. The summed E-state index contributed by atoms with van der Waals surface area (Å²) in [6.45, 7) is -0.00213. The Labute approximate surface area is 78.0 Å². The summed E-state index contributed by atoms with van der Waals surface area (Å²) in [4.78, 5) is 10.1. The molecule has 0 saturated carbocycles. The quantitative estimate of drug-likeness (QED) is 0.485. The zero-order chi connectivity index (χ0) is 9.52. The van der Waals surface area contributed by atoms with E-state index in [1.807, 2.05) is 30.3 Å². The molecule has 0 aliphatic heterocycles. The Kier molecular flexibility index (Phi) is 4.22. The smallest absolute Gasteiger partial charge is 0.278 e.